The van der Waals surface area contributed by atoms with E-state index in [9.17, 15) is 22.8 Å². The third-order valence-corrected chi connectivity index (χ3v) is 4.98. The molecule has 3 rings (SSSR count). The van der Waals surface area contributed by atoms with Gasteiger partial charge >= 0.3 is 6.18 Å². The molecule has 2 N–H and O–H groups in total. The largest absolute Gasteiger partial charge is 0.481 e. The SMILES string of the molecule is CC(C)(C)C(Cc1ccccc1C(F)(F)F)NC(=O)c1cccc2c1OCC(=O)N2. The smallest absolute Gasteiger partial charge is 0.416 e. The molecule has 0 spiro atoms. The number of halogens is 3. The summed E-state index contributed by atoms with van der Waals surface area (Å²) in [6.07, 6.45) is -4.47. The molecular formula is C22H23F3N2O3. The quantitative estimate of drug-likeness (QED) is 0.769. The Morgan fingerprint density at radius 3 is 2.50 bits per heavy atom. The molecule has 0 saturated carbocycles. The molecule has 30 heavy (non-hydrogen) atoms. The first kappa shape index (κ1) is 21.7. The Hall–Kier alpha value is -3.03. The highest BCUT2D eigenvalue weighted by Gasteiger charge is 2.35. The third kappa shape index (κ3) is 4.75. The molecule has 1 heterocycles. The van der Waals surface area contributed by atoms with E-state index in [1.54, 1.807) is 24.3 Å². The predicted octanol–water partition coefficient (Wildman–Crippen LogP) is 4.42. The van der Waals surface area contributed by atoms with Crippen LogP contribution in [0.3, 0.4) is 0 Å². The van der Waals surface area contributed by atoms with E-state index in [1.807, 2.05) is 20.8 Å². The number of anilines is 1. The van der Waals surface area contributed by atoms with Crippen LogP contribution in [-0.2, 0) is 17.4 Å². The van der Waals surface area contributed by atoms with Gasteiger partial charge in [0.25, 0.3) is 11.8 Å². The lowest BCUT2D eigenvalue weighted by Crippen LogP contribution is -2.45. The minimum Gasteiger partial charge on any atom is -0.481 e. The molecule has 1 aliphatic rings. The lowest BCUT2D eigenvalue weighted by atomic mass is 9.82. The molecule has 5 nitrogen and oxygen atoms in total. The third-order valence-electron chi connectivity index (χ3n) is 4.98. The first-order valence-electron chi connectivity index (χ1n) is 9.48. The lowest BCUT2D eigenvalue weighted by Gasteiger charge is -2.33. The van der Waals surface area contributed by atoms with E-state index >= 15 is 0 Å². The molecule has 0 radical (unpaired) electrons. The van der Waals surface area contributed by atoms with Crippen LogP contribution in [0, 0.1) is 5.41 Å². The van der Waals surface area contributed by atoms with Crippen molar-refractivity contribution in [3.05, 3.63) is 59.2 Å². The molecule has 2 aromatic rings. The zero-order valence-corrected chi connectivity index (χ0v) is 16.9. The number of hydrogen-bond acceptors (Lipinski definition) is 3. The highest BCUT2D eigenvalue weighted by Crippen LogP contribution is 2.35. The van der Waals surface area contributed by atoms with Gasteiger partial charge in [-0.1, -0.05) is 45.0 Å². The number of nitrogens with one attached hydrogen (secondary N) is 2. The zero-order chi connectivity index (χ0) is 22.1. The lowest BCUT2D eigenvalue weighted by molar-refractivity contribution is -0.138. The molecule has 2 aromatic carbocycles. The second-order valence-corrected chi connectivity index (χ2v) is 8.27. The minimum absolute atomic E-state index is 0.0114. The van der Waals surface area contributed by atoms with Gasteiger partial charge in [-0.25, -0.2) is 0 Å². The number of alkyl halides is 3. The number of carbonyl (C=O) groups excluding carboxylic acids is 2. The maximum atomic E-state index is 13.4. The molecule has 2 amide bonds. The normalized spacial score (nSPS) is 14.9. The van der Waals surface area contributed by atoms with E-state index in [0.717, 1.165) is 6.07 Å². The van der Waals surface area contributed by atoms with Gasteiger partial charge < -0.3 is 15.4 Å². The van der Waals surface area contributed by atoms with Gasteiger partial charge in [0.15, 0.2) is 12.4 Å². The van der Waals surface area contributed by atoms with Crippen LogP contribution in [0.25, 0.3) is 0 Å². The van der Waals surface area contributed by atoms with Crippen molar-refractivity contribution in [2.75, 3.05) is 11.9 Å². The van der Waals surface area contributed by atoms with Crippen molar-refractivity contribution in [2.24, 2.45) is 5.41 Å². The van der Waals surface area contributed by atoms with Gasteiger partial charge in [-0.2, -0.15) is 13.2 Å². The molecule has 0 bridgehead atoms. The zero-order valence-electron chi connectivity index (χ0n) is 16.9. The van der Waals surface area contributed by atoms with Gasteiger partial charge in [0.05, 0.1) is 16.8 Å². The topological polar surface area (TPSA) is 67.4 Å². The summed E-state index contributed by atoms with van der Waals surface area (Å²) in [4.78, 5) is 24.5. The molecule has 1 unspecified atom stereocenters. The number of benzene rings is 2. The number of fused-ring (bicyclic) bond motifs is 1. The number of hydrogen-bond donors (Lipinski definition) is 2. The summed E-state index contributed by atoms with van der Waals surface area (Å²) < 4.78 is 45.6. The van der Waals surface area contributed by atoms with Gasteiger partial charge in [0.2, 0.25) is 0 Å². The van der Waals surface area contributed by atoms with Crippen molar-refractivity contribution in [2.45, 2.75) is 39.4 Å². The fourth-order valence-corrected chi connectivity index (χ4v) is 3.30. The molecule has 0 aromatic heterocycles. The van der Waals surface area contributed by atoms with E-state index in [1.165, 1.54) is 12.1 Å². The van der Waals surface area contributed by atoms with Gasteiger partial charge in [0.1, 0.15) is 0 Å². The Bertz CT molecular complexity index is 965. The maximum absolute atomic E-state index is 13.4. The second kappa shape index (κ2) is 8.01. The highest BCUT2D eigenvalue weighted by atomic mass is 19.4. The number of para-hydroxylation sites is 1. The summed E-state index contributed by atoms with van der Waals surface area (Å²) in [6.45, 7) is 5.35. The molecule has 0 fully saturated rings. The summed E-state index contributed by atoms with van der Waals surface area (Å²) in [5.41, 5.74) is -0.516. The molecule has 1 aliphatic heterocycles. The van der Waals surface area contributed by atoms with E-state index in [-0.39, 0.29) is 35.8 Å². The number of rotatable bonds is 4. The van der Waals surface area contributed by atoms with Crippen LogP contribution < -0.4 is 15.4 Å². The number of carbonyl (C=O) groups is 2. The van der Waals surface area contributed by atoms with Crippen molar-refractivity contribution >= 4 is 17.5 Å². The van der Waals surface area contributed by atoms with Gasteiger partial charge in [-0.15, -0.1) is 0 Å². The Morgan fingerprint density at radius 2 is 1.83 bits per heavy atom. The summed E-state index contributed by atoms with van der Waals surface area (Å²) in [7, 11) is 0. The predicted molar refractivity (Wildman–Crippen MR) is 106 cm³/mol. The van der Waals surface area contributed by atoms with Crippen molar-refractivity contribution in [1.29, 1.82) is 0 Å². The second-order valence-electron chi connectivity index (χ2n) is 8.27. The highest BCUT2D eigenvalue weighted by molar-refractivity contribution is 6.03. The van der Waals surface area contributed by atoms with Crippen LogP contribution in [0.2, 0.25) is 0 Å². The Labute approximate surface area is 172 Å². The standard InChI is InChI=1S/C22H23F3N2O3/c1-21(2,3)17(11-13-7-4-5-9-15(13)22(23,24)25)27-20(29)14-8-6-10-16-19(14)30-12-18(28)26-16/h4-10,17H,11-12H2,1-3H3,(H,26,28)(H,27,29). The Balaban J connectivity index is 1.89. The van der Waals surface area contributed by atoms with Crippen LogP contribution in [0.5, 0.6) is 5.75 Å². The first-order valence-corrected chi connectivity index (χ1v) is 9.48. The van der Waals surface area contributed by atoms with E-state index in [4.69, 9.17) is 4.74 Å². The molecule has 8 heteroatoms. The number of amides is 2. The number of ether oxygens (including phenoxy) is 1. The van der Waals surface area contributed by atoms with Crippen molar-refractivity contribution < 1.29 is 27.5 Å². The van der Waals surface area contributed by atoms with Crippen molar-refractivity contribution in [1.82, 2.24) is 5.32 Å². The van der Waals surface area contributed by atoms with Gasteiger partial charge in [-0.3, -0.25) is 9.59 Å². The van der Waals surface area contributed by atoms with Crippen molar-refractivity contribution in [3.8, 4) is 5.75 Å². The molecule has 0 aliphatic carbocycles. The molecule has 1 atom stereocenters. The molecular weight excluding hydrogens is 397 g/mol. The average molecular weight is 420 g/mol. The van der Waals surface area contributed by atoms with Crippen LogP contribution in [0.15, 0.2) is 42.5 Å². The monoisotopic (exact) mass is 420 g/mol. The fourth-order valence-electron chi connectivity index (χ4n) is 3.30. The van der Waals surface area contributed by atoms with Crippen molar-refractivity contribution in [3.63, 3.8) is 0 Å². The summed E-state index contributed by atoms with van der Waals surface area (Å²) in [5, 5.41) is 5.50. The van der Waals surface area contributed by atoms with Crippen LogP contribution in [0.4, 0.5) is 18.9 Å². The first-order chi connectivity index (χ1) is 14.0. The van der Waals surface area contributed by atoms with E-state index in [0.29, 0.717) is 5.69 Å². The van der Waals surface area contributed by atoms with E-state index < -0.39 is 29.1 Å². The Kier molecular flexibility index (Phi) is 5.78. The van der Waals surface area contributed by atoms with Crippen LogP contribution in [0.1, 0.15) is 42.3 Å². The Morgan fingerprint density at radius 1 is 1.13 bits per heavy atom. The average Bonchev–Trinajstić information content (AvgIpc) is 2.65. The molecule has 0 saturated heterocycles. The summed E-state index contributed by atoms with van der Waals surface area (Å²) in [5.74, 6) is -0.554. The molecule has 160 valence electrons. The minimum atomic E-state index is -4.48. The van der Waals surface area contributed by atoms with Crippen LogP contribution >= 0.6 is 0 Å². The summed E-state index contributed by atoms with van der Waals surface area (Å²) in [6, 6.07) is 9.56. The van der Waals surface area contributed by atoms with Gasteiger partial charge in [0, 0.05) is 6.04 Å². The maximum Gasteiger partial charge on any atom is 0.416 e. The van der Waals surface area contributed by atoms with E-state index in [2.05, 4.69) is 10.6 Å². The van der Waals surface area contributed by atoms with Gasteiger partial charge in [-0.05, 0) is 35.6 Å². The van der Waals surface area contributed by atoms with Crippen LogP contribution in [-0.4, -0.2) is 24.5 Å². The fraction of sp³-hybridized carbons (Fsp3) is 0.364. The summed E-state index contributed by atoms with van der Waals surface area (Å²) >= 11 is 0.